The SMILES string of the molecule is COCCNC(=O)c1ccnc(C(=O)NC2CCCCC2)c1. The van der Waals surface area contributed by atoms with Gasteiger partial charge in [0.15, 0.2) is 0 Å². The monoisotopic (exact) mass is 305 g/mol. The van der Waals surface area contributed by atoms with Gasteiger partial charge in [0.05, 0.1) is 6.61 Å². The molecule has 2 amide bonds. The van der Waals surface area contributed by atoms with Gasteiger partial charge in [-0.05, 0) is 25.0 Å². The highest BCUT2D eigenvalue weighted by Crippen LogP contribution is 2.17. The lowest BCUT2D eigenvalue weighted by molar-refractivity contribution is 0.0922. The van der Waals surface area contributed by atoms with Gasteiger partial charge in [0, 0.05) is 31.5 Å². The number of amides is 2. The molecule has 0 spiro atoms. The summed E-state index contributed by atoms with van der Waals surface area (Å²) in [5, 5.41) is 5.72. The van der Waals surface area contributed by atoms with E-state index in [1.54, 1.807) is 13.2 Å². The van der Waals surface area contributed by atoms with Crippen molar-refractivity contribution in [3.05, 3.63) is 29.6 Å². The summed E-state index contributed by atoms with van der Waals surface area (Å²) in [6.07, 6.45) is 7.06. The number of pyridine rings is 1. The summed E-state index contributed by atoms with van der Waals surface area (Å²) in [4.78, 5) is 28.2. The smallest absolute Gasteiger partial charge is 0.270 e. The van der Waals surface area contributed by atoms with Crippen molar-refractivity contribution < 1.29 is 14.3 Å². The number of carbonyl (C=O) groups excluding carboxylic acids is 2. The average Bonchev–Trinajstić information content (AvgIpc) is 2.56. The van der Waals surface area contributed by atoms with E-state index in [0.29, 0.717) is 18.7 Å². The van der Waals surface area contributed by atoms with Crippen molar-refractivity contribution in [2.75, 3.05) is 20.3 Å². The summed E-state index contributed by atoms with van der Waals surface area (Å²) < 4.78 is 4.88. The van der Waals surface area contributed by atoms with Gasteiger partial charge in [0.2, 0.25) is 0 Å². The van der Waals surface area contributed by atoms with Crippen LogP contribution >= 0.6 is 0 Å². The van der Waals surface area contributed by atoms with E-state index in [4.69, 9.17) is 4.74 Å². The summed E-state index contributed by atoms with van der Waals surface area (Å²) in [6.45, 7) is 0.882. The molecule has 22 heavy (non-hydrogen) atoms. The first-order valence-electron chi connectivity index (χ1n) is 7.75. The van der Waals surface area contributed by atoms with Crippen LogP contribution in [0.15, 0.2) is 18.3 Å². The van der Waals surface area contributed by atoms with E-state index in [2.05, 4.69) is 15.6 Å². The Bertz CT molecular complexity index is 513. The largest absolute Gasteiger partial charge is 0.383 e. The zero-order chi connectivity index (χ0) is 15.8. The van der Waals surface area contributed by atoms with Crippen LogP contribution < -0.4 is 10.6 Å². The Balaban J connectivity index is 1.94. The van der Waals surface area contributed by atoms with E-state index >= 15 is 0 Å². The predicted octanol–water partition coefficient (Wildman–Crippen LogP) is 1.52. The van der Waals surface area contributed by atoms with Crippen molar-refractivity contribution in [3.63, 3.8) is 0 Å². The highest BCUT2D eigenvalue weighted by atomic mass is 16.5. The van der Waals surface area contributed by atoms with E-state index in [9.17, 15) is 9.59 Å². The molecule has 0 unspecified atom stereocenters. The van der Waals surface area contributed by atoms with Crippen LogP contribution in [0.3, 0.4) is 0 Å². The van der Waals surface area contributed by atoms with Crippen LogP contribution in [0.4, 0.5) is 0 Å². The van der Waals surface area contributed by atoms with E-state index in [0.717, 1.165) is 25.7 Å². The molecule has 0 atom stereocenters. The lowest BCUT2D eigenvalue weighted by Gasteiger charge is -2.22. The molecule has 1 aliphatic carbocycles. The normalized spacial score (nSPS) is 15.3. The fourth-order valence-corrected chi connectivity index (χ4v) is 2.57. The number of aromatic nitrogens is 1. The van der Waals surface area contributed by atoms with E-state index in [1.165, 1.54) is 18.7 Å². The van der Waals surface area contributed by atoms with E-state index in [-0.39, 0.29) is 23.6 Å². The van der Waals surface area contributed by atoms with E-state index in [1.807, 2.05) is 0 Å². The van der Waals surface area contributed by atoms with Gasteiger partial charge in [-0.2, -0.15) is 0 Å². The molecule has 1 heterocycles. The van der Waals surface area contributed by atoms with Crippen molar-refractivity contribution in [1.29, 1.82) is 0 Å². The van der Waals surface area contributed by atoms with Crippen molar-refractivity contribution in [2.24, 2.45) is 0 Å². The molecular formula is C16H23N3O3. The third-order valence-electron chi connectivity index (χ3n) is 3.79. The van der Waals surface area contributed by atoms with Gasteiger partial charge < -0.3 is 15.4 Å². The van der Waals surface area contributed by atoms with Crippen molar-refractivity contribution in [1.82, 2.24) is 15.6 Å². The molecule has 1 aromatic rings. The lowest BCUT2D eigenvalue weighted by Crippen LogP contribution is -2.36. The fraction of sp³-hybridized carbons (Fsp3) is 0.562. The van der Waals surface area contributed by atoms with Crippen molar-refractivity contribution >= 4 is 11.8 Å². The Morgan fingerprint density at radius 2 is 2.05 bits per heavy atom. The number of carbonyl (C=O) groups is 2. The summed E-state index contributed by atoms with van der Waals surface area (Å²) in [5.74, 6) is -0.440. The molecular weight excluding hydrogens is 282 g/mol. The first-order valence-corrected chi connectivity index (χ1v) is 7.75. The van der Waals surface area contributed by atoms with E-state index < -0.39 is 0 Å². The highest BCUT2D eigenvalue weighted by Gasteiger charge is 2.18. The molecule has 120 valence electrons. The van der Waals surface area contributed by atoms with Crippen LogP contribution in [0.1, 0.15) is 53.0 Å². The molecule has 0 radical (unpaired) electrons. The molecule has 2 rings (SSSR count). The minimum atomic E-state index is -0.230. The molecule has 6 nitrogen and oxygen atoms in total. The number of ether oxygens (including phenoxy) is 1. The number of rotatable bonds is 6. The van der Waals surface area contributed by atoms with Crippen molar-refractivity contribution in [3.8, 4) is 0 Å². The third-order valence-corrected chi connectivity index (χ3v) is 3.79. The fourth-order valence-electron chi connectivity index (χ4n) is 2.57. The van der Waals surface area contributed by atoms with Crippen LogP contribution in [0.5, 0.6) is 0 Å². The zero-order valence-corrected chi connectivity index (χ0v) is 12.9. The van der Waals surface area contributed by atoms with Gasteiger partial charge in [-0.1, -0.05) is 19.3 Å². The van der Waals surface area contributed by atoms with Gasteiger partial charge in [-0.25, -0.2) is 0 Å². The molecule has 1 aliphatic rings. The lowest BCUT2D eigenvalue weighted by atomic mass is 9.95. The molecule has 6 heteroatoms. The summed E-state index contributed by atoms with van der Waals surface area (Å²) in [5.41, 5.74) is 0.713. The minimum absolute atomic E-state index is 0.210. The van der Waals surface area contributed by atoms with Crippen LogP contribution in [0.2, 0.25) is 0 Å². The van der Waals surface area contributed by atoms with Crippen LogP contribution in [-0.2, 0) is 4.74 Å². The average molecular weight is 305 g/mol. The van der Waals surface area contributed by atoms with Crippen LogP contribution in [-0.4, -0.2) is 43.1 Å². The summed E-state index contributed by atoms with van der Waals surface area (Å²) in [6, 6.07) is 3.35. The molecule has 0 aromatic carbocycles. The molecule has 1 fully saturated rings. The maximum absolute atomic E-state index is 12.2. The van der Waals surface area contributed by atoms with Gasteiger partial charge in [0.25, 0.3) is 11.8 Å². The Morgan fingerprint density at radius 3 is 2.77 bits per heavy atom. The maximum atomic E-state index is 12.2. The standard InChI is InChI=1S/C16H23N3O3/c1-22-10-9-18-15(20)12-7-8-17-14(11-12)16(21)19-13-5-3-2-4-6-13/h7-8,11,13H,2-6,9-10H2,1H3,(H,18,20)(H,19,21). The third kappa shape index (κ3) is 4.80. The van der Waals surface area contributed by atoms with Gasteiger partial charge in [-0.3, -0.25) is 14.6 Å². The quantitative estimate of drug-likeness (QED) is 0.781. The second kappa shape index (κ2) is 8.48. The summed E-state index contributed by atoms with van der Waals surface area (Å²) >= 11 is 0. The van der Waals surface area contributed by atoms with Gasteiger partial charge in [-0.15, -0.1) is 0 Å². The maximum Gasteiger partial charge on any atom is 0.270 e. The first-order chi connectivity index (χ1) is 10.7. The molecule has 2 N–H and O–H groups in total. The van der Waals surface area contributed by atoms with Crippen molar-refractivity contribution in [2.45, 2.75) is 38.1 Å². The van der Waals surface area contributed by atoms with Gasteiger partial charge >= 0.3 is 0 Å². The Kier molecular flexibility index (Phi) is 6.33. The Hall–Kier alpha value is -1.95. The highest BCUT2D eigenvalue weighted by molar-refractivity contribution is 5.98. The predicted molar refractivity (Wildman–Crippen MR) is 82.8 cm³/mol. The molecule has 0 aliphatic heterocycles. The molecule has 0 saturated heterocycles. The Labute approximate surface area is 130 Å². The number of methoxy groups -OCH3 is 1. The zero-order valence-electron chi connectivity index (χ0n) is 12.9. The number of nitrogens with zero attached hydrogens (tertiary/aromatic N) is 1. The van der Waals surface area contributed by atoms with Gasteiger partial charge in [0.1, 0.15) is 5.69 Å². The second-order valence-electron chi connectivity index (χ2n) is 5.49. The van der Waals surface area contributed by atoms with Crippen LogP contribution in [0.25, 0.3) is 0 Å². The number of hydrogen-bond donors (Lipinski definition) is 2. The Morgan fingerprint density at radius 1 is 1.27 bits per heavy atom. The second-order valence-corrected chi connectivity index (χ2v) is 5.49. The van der Waals surface area contributed by atoms with Crippen LogP contribution in [0, 0.1) is 0 Å². The minimum Gasteiger partial charge on any atom is -0.383 e. The molecule has 0 bridgehead atoms. The number of hydrogen-bond acceptors (Lipinski definition) is 4. The topological polar surface area (TPSA) is 80.3 Å². The molecule has 1 saturated carbocycles. The molecule has 1 aromatic heterocycles. The first kappa shape index (κ1) is 16.4. The number of nitrogens with one attached hydrogen (secondary N) is 2. The summed E-state index contributed by atoms with van der Waals surface area (Å²) in [7, 11) is 1.58.